The Morgan fingerprint density at radius 3 is 2.56 bits per heavy atom. The van der Waals surface area contributed by atoms with Gasteiger partial charge in [0.25, 0.3) is 11.5 Å². The first-order valence-corrected chi connectivity index (χ1v) is 19.1. The Morgan fingerprint density at radius 2 is 1.84 bits per heavy atom. The summed E-state index contributed by atoms with van der Waals surface area (Å²) in [5.74, 6) is -2.59. The lowest BCUT2D eigenvalue weighted by molar-refractivity contribution is -0.170. The first kappa shape index (κ1) is 41.9. The molecule has 3 heterocycles. The van der Waals surface area contributed by atoms with E-state index >= 15 is 0 Å². The lowest BCUT2D eigenvalue weighted by atomic mass is 10.0. The number of ether oxygens (including phenoxy) is 3. The number of carbonyl (C=O) groups excluding carboxylic acids is 1. The van der Waals surface area contributed by atoms with Gasteiger partial charge >= 0.3 is 13.5 Å². The summed E-state index contributed by atoms with van der Waals surface area (Å²) in [4.78, 5) is 57.1. The number of methoxy groups -OCH3 is 1. The van der Waals surface area contributed by atoms with Crippen LogP contribution in [0.3, 0.4) is 0 Å². The highest BCUT2D eigenvalue weighted by molar-refractivity contribution is 7.47. The molecule has 7 atom stereocenters. The van der Waals surface area contributed by atoms with Crippen LogP contribution in [0.4, 0.5) is 0 Å². The van der Waals surface area contributed by atoms with Gasteiger partial charge in [-0.05, 0) is 23.6 Å². The Balaban J connectivity index is 1.20. The van der Waals surface area contributed by atoms with Crippen molar-refractivity contribution < 1.29 is 67.9 Å². The number of phosphoric acid groups is 1. The third-order valence-electron chi connectivity index (χ3n) is 9.04. The number of hydrogen-bond donors (Lipinski definition) is 8. The van der Waals surface area contributed by atoms with Crippen molar-refractivity contribution in [3.63, 3.8) is 0 Å². The zero-order valence-electron chi connectivity index (χ0n) is 29.5. The summed E-state index contributed by atoms with van der Waals surface area (Å²) in [6.07, 6.45) is -4.42. The van der Waals surface area contributed by atoms with E-state index in [1.807, 2.05) is 0 Å². The van der Waals surface area contributed by atoms with Crippen molar-refractivity contribution in [1.29, 1.82) is 0 Å². The number of carbonyl (C=O) groups is 1. The maximum atomic E-state index is 13.1. The summed E-state index contributed by atoms with van der Waals surface area (Å²) in [5.41, 5.74) is -2.07. The molecule has 0 saturated carbocycles. The second-order valence-corrected chi connectivity index (χ2v) is 15.0. The van der Waals surface area contributed by atoms with Gasteiger partial charge in [-0.1, -0.05) is 40.5 Å². The molecule has 2 aliphatic rings. The van der Waals surface area contributed by atoms with E-state index in [9.17, 15) is 49.4 Å². The van der Waals surface area contributed by atoms with Gasteiger partial charge in [0.15, 0.2) is 30.2 Å². The van der Waals surface area contributed by atoms with E-state index in [1.54, 1.807) is 12.1 Å². The van der Waals surface area contributed by atoms with Gasteiger partial charge in [-0.25, -0.2) is 9.36 Å². The monoisotopic (exact) mass is 856 g/mol. The molecule has 6 unspecified atom stereocenters. The highest BCUT2D eigenvalue weighted by Crippen LogP contribution is 2.46. The summed E-state index contributed by atoms with van der Waals surface area (Å²) < 4.78 is 39.7. The molecule has 2 aliphatic heterocycles. The van der Waals surface area contributed by atoms with Gasteiger partial charge in [0, 0.05) is 42.0 Å². The van der Waals surface area contributed by atoms with Crippen molar-refractivity contribution in [2.45, 2.75) is 50.4 Å². The number of phosphoric ester groups is 1. The number of nitrogens with zero attached hydrogens (tertiary/aromatic N) is 2. The van der Waals surface area contributed by atoms with Crippen molar-refractivity contribution in [1.82, 2.24) is 14.9 Å². The number of nitrogens with one attached hydrogen (secondary N) is 2. The SMILES string of the molecule is COc1cc(Cl)c(/C=N/OC2CC(n3cc(CNC(=O)c4cc5c(O)cccc5cc4O)c(=O)[nH]c3=O)OC2COP(=O)(O)OC[C@@H]2CC(O)OC2O)c(Cl)c1O. The molecule has 57 heavy (non-hydrogen) atoms. The minimum absolute atomic E-state index is 0.00786. The summed E-state index contributed by atoms with van der Waals surface area (Å²) >= 11 is 12.5. The van der Waals surface area contributed by atoms with E-state index in [0.717, 1.165) is 17.0 Å². The van der Waals surface area contributed by atoms with E-state index in [4.69, 9.17) is 51.3 Å². The van der Waals surface area contributed by atoms with Gasteiger partial charge in [0.1, 0.15) is 23.8 Å². The molecule has 1 aromatic heterocycles. The Hall–Kier alpha value is -4.73. The summed E-state index contributed by atoms with van der Waals surface area (Å²) in [7, 11) is -3.54. The largest absolute Gasteiger partial charge is 0.507 e. The van der Waals surface area contributed by atoms with Crippen LogP contribution in [-0.4, -0.2) is 97.2 Å². The van der Waals surface area contributed by atoms with Gasteiger partial charge < -0.3 is 54.8 Å². The number of aliphatic hydroxyl groups is 2. The molecule has 0 bridgehead atoms. The molecule has 0 spiro atoms. The van der Waals surface area contributed by atoms with Crippen molar-refractivity contribution >= 4 is 53.9 Å². The third kappa shape index (κ3) is 9.53. The second kappa shape index (κ2) is 17.4. The number of hydrogen-bond acceptors (Lipinski definition) is 16. The predicted octanol–water partition coefficient (Wildman–Crippen LogP) is 2.57. The van der Waals surface area contributed by atoms with Crippen molar-refractivity contribution in [3.05, 3.63) is 90.2 Å². The lowest BCUT2D eigenvalue weighted by Gasteiger charge is -2.20. The number of fused-ring (bicyclic) bond motifs is 1. The first-order valence-electron chi connectivity index (χ1n) is 16.9. The molecule has 2 fully saturated rings. The second-order valence-electron chi connectivity index (χ2n) is 12.8. The van der Waals surface area contributed by atoms with E-state index in [-0.39, 0.29) is 56.8 Å². The third-order valence-corrected chi connectivity index (χ3v) is 10.7. The Kier molecular flexibility index (Phi) is 12.8. The molecule has 4 aromatic rings. The zero-order valence-corrected chi connectivity index (χ0v) is 31.9. The van der Waals surface area contributed by atoms with Gasteiger partial charge in [-0.3, -0.25) is 28.2 Å². The van der Waals surface area contributed by atoms with E-state index in [2.05, 4.69) is 15.5 Å². The topological polar surface area (TPSA) is 290 Å². The molecule has 1 amide bonds. The molecule has 6 rings (SSSR count). The smallest absolute Gasteiger partial charge is 0.472 e. The lowest BCUT2D eigenvalue weighted by Crippen LogP contribution is -2.36. The molecule has 8 N–H and O–H groups in total. The van der Waals surface area contributed by atoms with Crippen LogP contribution in [0.1, 0.15) is 40.6 Å². The molecule has 2 saturated heterocycles. The predicted molar refractivity (Wildman–Crippen MR) is 198 cm³/mol. The number of aliphatic hydroxyl groups excluding tert-OH is 2. The highest BCUT2D eigenvalue weighted by atomic mass is 35.5. The zero-order chi connectivity index (χ0) is 41.2. The number of benzene rings is 3. The van der Waals surface area contributed by atoms with Crippen LogP contribution >= 0.6 is 31.0 Å². The summed E-state index contributed by atoms with van der Waals surface area (Å²) in [6, 6.07) is 8.46. The minimum Gasteiger partial charge on any atom is -0.507 e. The van der Waals surface area contributed by atoms with Crippen LogP contribution in [0, 0.1) is 5.92 Å². The molecular formula is C34H35Cl2N4O16P. The number of amides is 1. The Labute approximate surface area is 330 Å². The molecule has 20 nitrogen and oxygen atoms in total. The standard InChI is InChI=1S/C34H35Cl2N4O16P/c1-51-25-8-21(35)20(29(36)30(25)44)11-38-56-24-9-27(54-26(24)14-53-57(49,50)52-13-16-6-28(43)55-33(16)47)40-12-17(31(45)39-34(40)48)10-37-32(46)19-7-18-15(5-23(19)42)3-2-4-22(18)41/h2-5,7-8,11-12,16,24,26-28,33,41-44,47H,6,9-10,13-14H2,1H3,(H,37,46)(H,49,50)(H,39,45,48)/b38-11+/t16-,24?,26?,27?,28?,33?/m0/s1. The van der Waals surface area contributed by atoms with Gasteiger partial charge in [0.05, 0.1) is 54.3 Å². The minimum atomic E-state index is -4.83. The average molecular weight is 858 g/mol. The number of aromatic amines is 1. The van der Waals surface area contributed by atoms with E-state index < -0.39 is 87.4 Å². The van der Waals surface area contributed by atoms with Crippen LogP contribution in [0.25, 0.3) is 10.8 Å². The van der Waals surface area contributed by atoms with Crippen LogP contribution in [0.2, 0.25) is 10.0 Å². The molecule has 306 valence electrons. The molecular weight excluding hydrogens is 822 g/mol. The highest BCUT2D eigenvalue weighted by Gasteiger charge is 2.41. The maximum absolute atomic E-state index is 13.1. The number of halogens is 2. The summed E-state index contributed by atoms with van der Waals surface area (Å²) in [5, 5.41) is 57.4. The molecule has 3 aromatic carbocycles. The van der Waals surface area contributed by atoms with Crippen LogP contribution < -0.4 is 21.3 Å². The average Bonchev–Trinajstić information content (AvgIpc) is 3.72. The van der Waals surface area contributed by atoms with Gasteiger partial charge in [0.2, 0.25) is 0 Å². The van der Waals surface area contributed by atoms with Crippen molar-refractivity contribution in [2.75, 3.05) is 20.3 Å². The fourth-order valence-electron chi connectivity index (χ4n) is 6.03. The van der Waals surface area contributed by atoms with Crippen LogP contribution in [0.5, 0.6) is 23.0 Å². The molecule has 0 radical (unpaired) electrons. The Bertz CT molecular complexity index is 2360. The normalized spacial score (nSPS) is 23.2. The summed E-state index contributed by atoms with van der Waals surface area (Å²) in [6.45, 7) is -1.64. The Morgan fingerprint density at radius 1 is 1.09 bits per heavy atom. The number of phenols is 3. The number of aromatic hydroxyl groups is 3. The van der Waals surface area contributed by atoms with Crippen LogP contribution in [0.15, 0.2) is 57.3 Å². The molecule has 0 aliphatic carbocycles. The fraction of sp³-hybridized carbons (Fsp3) is 0.353. The number of phenolic OH excluding ortho intramolecular Hbond substituents is 3. The van der Waals surface area contributed by atoms with Crippen molar-refractivity contribution in [2.24, 2.45) is 11.1 Å². The van der Waals surface area contributed by atoms with Crippen LogP contribution in [-0.2, 0) is 34.5 Å². The van der Waals surface area contributed by atoms with E-state index in [1.165, 1.54) is 31.4 Å². The van der Waals surface area contributed by atoms with Gasteiger partial charge in [-0.2, -0.15) is 0 Å². The number of H-pyrrole nitrogens is 1. The van der Waals surface area contributed by atoms with E-state index in [0.29, 0.717) is 10.8 Å². The fourth-order valence-corrected chi connectivity index (χ4v) is 7.36. The number of oxime groups is 1. The number of aromatic nitrogens is 2. The molecule has 23 heteroatoms. The quantitative estimate of drug-likeness (QED) is 0.0514. The van der Waals surface area contributed by atoms with Gasteiger partial charge in [-0.15, -0.1) is 0 Å². The maximum Gasteiger partial charge on any atom is 0.472 e. The first-order chi connectivity index (χ1) is 27.0. The van der Waals surface area contributed by atoms with Crippen molar-refractivity contribution in [3.8, 4) is 23.0 Å². The number of rotatable bonds is 14.